The maximum atomic E-state index is 11.9. The zero-order valence-corrected chi connectivity index (χ0v) is 10.6. The van der Waals surface area contributed by atoms with Crippen LogP contribution in [0, 0.1) is 11.8 Å². The SMILES string of the molecule is CC(C)(C)OC(=O)N1CC2CC=C(C=O)C2C1. The molecule has 94 valence electrons. The Kier molecular flexibility index (Phi) is 2.98. The number of rotatable bonds is 1. The maximum Gasteiger partial charge on any atom is 0.410 e. The molecule has 0 aromatic carbocycles. The summed E-state index contributed by atoms with van der Waals surface area (Å²) in [5.41, 5.74) is 0.388. The quantitative estimate of drug-likeness (QED) is 0.655. The molecule has 2 atom stereocenters. The first-order chi connectivity index (χ1) is 7.90. The molecule has 1 saturated heterocycles. The normalized spacial score (nSPS) is 27.7. The molecule has 0 N–H and O–H groups in total. The molecule has 2 unspecified atom stereocenters. The van der Waals surface area contributed by atoms with E-state index in [0.717, 1.165) is 18.3 Å². The number of hydrogen-bond acceptors (Lipinski definition) is 3. The van der Waals surface area contributed by atoms with Crippen molar-refractivity contribution in [3.05, 3.63) is 11.6 Å². The van der Waals surface area contributed by atoms with Crippen molar-refractivity contribution in [2.45, 2.75) is 32.8 Å². The minimum Gasteiger partial charge on any atom is -0.444 e. The van der Waals surface area contributed by atoms with Crippen molar-refractivity contribution in [1.82, 2.24) is 4.90 Å². The van der Waals surface area contributed by atoms with Crippen LogP contribution in [0.5, 0.6) is 0 Å². The van der Waals surface area contributed by atoms with Gasteiger partial charge >= 0.3 is 6.09 Å². The fraction of sp³-hybridized carbons (Fsp3) is 0.692. The lowest BCUT2D eigenvalue weighted by molar-refractivity contribution is -0.105. The summed E-state index contributed by atoms with van der Waals surface area (Å²) in [6, 6.07) is 0. The smallest absolute Gasteiger partial charge is 0.410 e. The summed E-state index contributed by atoms with van der Waals surface area (Å²) in [4.78, 5) is 24.5. The summed E-state index contributed by atoms with van der Waals surface area (Å²) in [7, 11) is 0. The van der Waals surface area contributed by atoms with Crippen molar-refractivity contribution in [3.63, 3.8) is 0 Å². The van der Waals surface area contributed by atoms with Crippen molar-refractivity contribution in [3.8, 4) is 0 Å². The van der Waals surface area contributed by atoms with E-state index < -0.39 is 5.60 Å². The van der Waals surface area contributed by atoms with Crippen molar-refractivity contribution < 1.29 is 14.3 Å². The van der Waals surface area contributed by atoms with Crippen LogP contribution in [-0.2, 0) is 9.53 Å². The Morgan fingerprint density at radius 1 is 1.47 bits per heavy atom. The first kappa shape index (κ1) is 12.1. The largest absolute Gasteiger partial charge is 0.444 e. The highest BCUT2D eigenvalue weighted by Gasteiger charge is 2.40. The fourth-order valence-electron chi connectivity index (χ4n) is 2.54. The monoisotopic (exact) mass is 237 g/mol. The van der Waals surface area contributed by atoms with Crippen LogP contribution in [-0.4, -0.2) is 36.0 Å². The number of allylic oxidation sites excluding steroid dienone is 1. The van der Waals surface area contributed by atoms with Gasteiger partial charge in [-0.1, -0.05) is 6.08 Å². The summed E-state index contributed by atoms with van der Waals surface area (Å²) >= 11 is 0. The van der Waals surface area contributed by atoms with Crippen LogP contribution in [0.2, 0.25) is 0 Å². The zero-order valence-electron chi connectivity index (χ0n) is 10.6. The van der Waals surface area contributed by atoms with Crippen LogP contribution in [0.25, 0.3) is 0 Å². The lowest BCUT2D eigenvalue weighted by Crippen LogP contribution is -2.35. The number of aldehydes is 1. The van der Waals surface area contributed by atoms with E-state index in [0.29, 0.717) is 19.0 Å². The van der Waals surface area contributed by atoms with Crippen molar-refractivity contribution in [2.75, 3.05) is 13.1 Å². The molecule has 0 spiro atoms. The van der Waals surface area contributed by atoms with Gasteiger partial charge in [-0.15, -0.1) is 0 Å². The Morgan fingerprint density at radius 2 is 2.18 bits per heavy atom. The van der Waals surface area contributed by atoms with Gasteiger partial charge in [0.1, 0.15) is 11.9 Å². The van der Waals surface area contributed by atoms with Gasteiger partial charge in [-0.25, -0.2) is 4.79 Å². The second kappa shape index (κ2) is 4.17. The van der Waals surface area contributed by atoms with Crippen LogP contribution in [0.3, 0.4) is 0 Å². The number of ether oxygens (including phenoxy) is 1. The second-order valence-corrected chi connectivity index (χ2v) is 5.81. The second-order valence-electron chi connectivity index (χ2n) is 5.81. The van der Waals surface area contributed by atoms with E-state index in [-0.39, 0.29) is 12.0 Å². The predicted octanol–water partition coefficient (Wildman–Crippen LogP) is 2.00. The average molecular weight is 237 g/mol. The van der Waals surface area contributed by atoms with Crippen LogP contribution in [0.4, 0.5) is 4.79 Å². The van der Waals surface area contributed by atoms with Gasteiger partial charge in [0.2, 0.25) is 0 Å². The fourth-order valence-corrected chi connectivity index (χ4v) is 2.54. The van der Waals surface area contributed by atoms with Crippen LogP contribution in [0.1, 0.15) is 27.2 Å². The molecule has 0 saturated carbocycles. The van der Waals surface area contributed by atoms with Gasteiger partial charge < -0.3 is 9.64 Å². The first-order valence-electron chi connectivity index (χ1n) is 6.04. The Balaban J connectivity index is 1.97. The van der Waals surface area contributed by atoms with E-state index in [1.807, 2.05) is 26.8 Å². The number of carbonyl (C=O) groups excluding carboxylic acids is 2. The van der Waals surface area contributed by atoms with E-state index in [9.17, 15) is 9.59 Å². The lowest BCUT2D eigenvalue weighted by atomic mass is 9.96. The zero-order chi connectivity index (χ0) is 12.6. The van der Waals surface area contributed by atoms with E-state index in [4.69, 9.17) is 4.74 Å². The molecule has 17 heavy (non-hydrogen) atoms. The topological polar surface area (TPSA) is 46.6 Å². The molecule has 0 aromatic rings. The third-order valence-corrected chi connectivity index (χ3v) is 3.31. The lowest BCUT2D eigenvalue weighted by Gasteiger charge is -2.24. The molecule has 2 aliphatic rings. The molecular weight excluding hydrogens is 218 g/mol. The van der Waals surface area contributed by atoms with Gasteiger partial charge in [0.15, 0.2) is 0 Å². The van der Waals surface area contributed by atoms with Crippen molar-refractivity contribution >= 4 is 12.4 Å². The number of amides is 1. The summed E-state index contributed by atoms with van der Waals surface area (Å²) in [5.74, 6) is 0.628. The molecule has 1 aliphatic heterocycles. The van der Waals surface area contributed by atoms with E-state index in [1.54, 1.807) is 4.90 Å². The maximum absolute atomic E-state index is 11.9. The summed E-state index contributed by atoms with van der Waals surface area (Å²) in [5, 5.41) is 0. The number of nitrogens with zero attached hydrogens (tertiary/aromatic N) is 1. The molecular formula is C13H19NO3. The standard InChI is InChI=1S/C13H19NO3/c1-13(2,3)17-12(16)14-6-9-4-5-10(8-15)11(9)7-14/h5,8-9,11H,4,6-7H2,1-3H3. The van der Waals surface area contributed by atoms with Gasteiger partial charge in [0.25, 0.3) is 0 Å². The third-order valence-electron chi connectivity index (χ3n) is 3.31. The summed E-state index contributed by atoms with van der Waals surface area (Å²) < 4.78 is 5.33. The molecule has 1 aliphatic carbocycles. The third kappa shape index (κ3) is 2.51. The molecule has 1 amide bonds. The molecule has 2 rings (SSSR count). The molecule has 1 heterocycles. The highest BCUT2D eigenvalue weighted by molar-refractivity contribution is 5.76. The molecule has 4 heteroatoms. The van der Waals surface area contributed by atoms with Gasteiger partial charge in [0, 0.05) is 19.0 Å². The molecule has 0 radical (unpaired) electrons. The average Bonchev–Trinajstić information content (AvgIpc) is 2.72. The van der Waals surface area contributed by atoms with Crippen molar-refractivity contribution in [1.29, 1.82) is 0 Å². The Morgan fingerprint density at radius 3 is 2.76 bits per heavy atom. The molecule has 4 nitrogen and oxygen atoms in total. The number of carbonyl (C=O) groups is 2. The Bertz CT molecular complexity index is 367. The van der Waals surface area contributed by atoms with Crippen LogP contribution in [0.15, 0.2) is 11.6 Å². The van der Waals surface area contributed by atoms with E-state index in [2.05, 4.69) is 0 Å². The molecule has 0 bridgehead atoms. The number of likely N-dealkylation sites (tertiary alicyclic amines) is 1. The first-order valence-corrected chi connectivity index (χ1v) is 6.04. The van der Waals surface area contributed by atoms with Crippen molar-refractivity contribution in [2.24, 2.45) is 11.8 Å². The predicted molar refractivity (Wildman–Crippen MR) is 63.6 cm³/mol. The van der Waals surface area contributed by atoms with Gasteiger partial charge in [-0.3, -0.25) is 4.79 Å². The Hall–Kier alpha value is -1.32. The minimum absolute atomic E-state index is 0.222. The Labute approximate surface area is 102 Å². The molecule has 0 aromatic heterocycles. The summed E-state index contributed by atoms with van der Waals surface area (Å²) in [6.07, 6.45) is 3.55. The van der Waals surface area contributed by atoms with Crippen LogP contribution < -0.4 is 0 Å². The van der Waals surface area contributed by atoms with Crippen LogP contribution >= 0.6 is 0 Å². The number of hydrogen-bond donors (Lipinski definition) is 0. The summed E-state index contributed by atoms with van der Waals surface area (Å²) in [6.45, 7) is 6.90. The van der Waals surface area contributed by atoms with Gasteiger partial charge in [-0.2, -0.15) is 0 Å². The van der Waals surface area contributed by atoms with E-state index in [1.165, 1.54) is 0 Å². The van der Waals surface area contributed by atoms with E-state index >= 15 is 0 Å². The van der Waals surface area contributed by atoms with Gasteiger partial charge in [-0.05, 0) is 38.7 Å². The highest BCUT2D eigenvalue weighted by Crippen LogP contribution is 2.37. The molecule has 1 fully saturated rings. The minimum atomic E-state index is -0.460. The van der Waals surface area contributed by atoms with Gasteiger partial charge in [0.05, 0.1) is 0 Å². The number of fused-ring (bicyclic) bond motifs is 1. The highest BCUT2D eigenvalue weighted by atomic mass is 16.6.